The smallest absolute Gasteiger partial charge is 0.280 e. The fraction of sp³-hybridized carbons (Fsp3) is 0.167. The van der Waals surface area contributed by atoms with E-state index in [0.717, 1.165) is 11.0 Å². The molecular formula is C18H15ClN4O3. The number of anilines is 2. The van der Waals surface area contributed by atoms with Gasteiger partial charge in [0.25, 0.3) is 17.4 Å². The number of benzene rings is 2. The summed E-state index contributed by atoms with van der Waals surface area (Å²) in [7, 11) is 1.78. The molecule has 2 aromatic carbocycles. The molecular weight excluding hydrogens is 356 g/mol. The predicted molar refractivity (Wildman–Crippen MR) is 98.5 cm³/mol. The Morgan fingerprint density at radius 3 is 2.85 bits per heavy atom. The van der Waals surface area contributed by atoms with Gasteiger partial charge in [-0.3, -0.25) is 14.9 Å². The molecule has 7 nitrogen and oxygen atoms in total. The number of imidazole rings is 1. The maximum absolute atomic E-state index is 12.8. The summed E-state index contributed by atoms with van der Waals surface area (Å²) in [5, 5.41) is 5.80. The van der Waals surface area contributed by atoms with Crippen molar-refractivity contribution in [2.45, 2.75) is 12.5 Å². The molecule has 2 N–H and O–H groups in total. The summed E-state index contributed by atoms with van der Waals surface area (Å²) in [6, 6.07) is 12.3. The van der Waals surface area contributed by atoms with Crippen molar-refractivity contribution in [1.29, 1.82) is 0 Å². The third kappa shape index (κ3) is 2.48. The molecule has 0 fully saturated rings. The summed E-state index contributed by atoms with van der Waals surface area (Å²) in [6.45, 7) is 1.41. The molecule has 0 bridgehead atoms. The van der Waals surface area contributed by atoms with Crippen molar-refractivity contribution in [3.8, 4) is 5.75 Å². The van der Waals surface area contributed by atoms with E-state index in [1.807, 2.05) is 24.3 Å². The van der Waals surface area contributed by atoms with Crippen molar-refractivity contribution >= 4 is 46.1 Å². The van der Waals surface area contributed by atoms with E-state index in [1.165, 1.54) is 6.92 Å². The van der Waals surface area contributed by atoms with Gasteiger partial charge in [-0.2, -0.15) is 0 Å². The highest BCUT2D eigenvalue weighted by Gasteiger charge is 2.47. The number of nitrogens with zero attached hydrogens (tertiary/aromatic N) is 2. The average Bonchev–Trinajstić information content (AvgIpc) is 2.92. The van der Waals surface area contributed by atoms with Crippen LogP contribution in [-0.2, 0) is 16.6 Å². The van der Waals surface area contributed by atoms with Crippen LogP contribution in [0.5, 0.6) is 5.75 Å². The summed E-state index contributed by atoms with van der Waals surface area (Å²) in [5.74, 6) is -0.495. The molecule has 0 saturated heterocycles. The van der Waals surface area contributed by atoms with Crippen LogP contribution < -0.4 is 15.4 Å². The molecule has 132 valence electrons. The number of aryl methyl sites for hydroxylation is 1. The number of amides is 2. The lowest BCUT2D eigenvalue weighted by atomic mass is 10.0. The van der Waals surface area contributed by atoms with E-state index in [1.54, 1.807) is 29.8 Å². The third-order valence-corrected chi connectivity index (χ3v) is 4.62. The Labute approximate surface area is 153 Å². The fourth-order valence-corrected chi connectivity index (χ4v) is 3.00. The number of hydrogen-bond donors (Lipinski definition) is 2. The molecule has 0 radical (unpaired) electrons. The second-order valence-electron chi connectivity index (χ2n) is 6.17. The predicted octanol–water partition coefficient (Wildman–Crippen LogP) is 2.96. The van der Waals surface area contributed by atoms with Crippen molar-refractivity contribution in [2.75, 3.05) is 10.6 Å². The number of carbonyl (C=O) groups is 2. The number of carbonyl (C=O) groups excluding carboxylic acids is 2. The van der Waals surface area contributed by atoms with Crippen molar-refractivity contribution in [3.63, 3.8) is 0 Å². The maximum atomic E-state index is 12.8. The average molecular weight is 371 g/mol. The molecule has 8 heteroatoms. The Hall–Kier alpha value is -3.06. The van der Waals surface area contributed by atoms with Gasteiger partial charge in [-0.05, 0) is 37.3 Å². The highest BCUT2D eigenvalue weighted by molar-refractivity contribution is 6.31. The number of halogens is 1. The Morgan fingerprint density at radius 1 is 1.31 bits per heavy atom. The lowest BCUT2D eigenvalue weighted by Crippen LogP contribution is -2.56. The minimum Gasteiger partial charge on any atom is -0.466 e. The molecule has 1 aliphatic rings. The van der Waals surface area contributed by atoms with Crippen LogP contribution in [0.25, 0.3) is 11.0 Å². The first kappa shape index (κ1) is 16.4. The Morgan fingerprint density at radius 2 is 2.08 bits per heavy atom. The summed E-state index contributed by atoms with van der Waals surface area (Å²) in [4.78, 5) is 29.7. The van der Waals surface area contributed by atoms with E-state index in [4.69, 9.17) is 16.3 Å². The van der Waals surface area contributed by atoms with E-state index in [9.17, 15) is 9.59 Å². The van der Waals surface area contributed by atoms with E-state index in [2.05, 4.69) is 15.6 Å². The van der Waals surface area contributed by atoms with Crippen molar-refractivity contribution in [2.24, 2.45) is 7.05 Å². The summed E-state index contributed by atoms with van der Waals surface area (Å²) < 4.78 is 7.46. The summed E-state index contributed by atoms with van der Waals surface area (Å²) in [5.41, 5.74) is 0.292. The van der Waals surface area contributed by atoms with Gasteiger partial charge in [-0.15, -0.1) is 0 Å². The number of rotatable bonds is 2. The normalized spacial score (nSPS) is 18.8. The molecule has 4 rings (SSSR count). The van der Waals surface area contributed by atoms with E-state index >= 15 is 0 Å². The quantitative estimate of drug-likeness (QED) is 0.679. The number of fused-ring (bicyclic) bond motifs is 2. The highest BCUT2D eigenvalue weighted by Crippen LogP contribution is 2.36. The van der Waals surface area contributed by atoms with Crippen molar-refractivity contribution in [1.82, 2.24) is 9.55 Å². The number of ether oxygens (including phenoxy) is 1. The van der Waals surface area contributed by atoms with E-state index < -0.39 is 17.4 Å². The fourth-order valence-electron chi connectivity index (χ4n) is 2.82. The Bertz CT molecular complexity index is 1060. The standard InChI is InChI=1S/C18H15ClN4O3/c1-18(15(24)20-12-9-10(19)7-8-14(12)26-18)16(25)22-17-21-11-5-3-4-6-13(11)23(17)2/h3-9H,1-2H3,(H,20,24)(H,21,22,25). The van der Waals surface area contributed by atoms with Crippen LogP contribution in [0.1, 0.15) is 6.92 Å². The second kappa shape index (κ2) is 5.74. The van der Waals surface area contributed by atoms with Gasteiger partial charge < -0.3 is 14.6 Å². The van der Waals surface area contributed by atoms with Gasteiger partial charge in [-0.25, -0.2) is 4.98 Å². The van der Waals surface area contributed by atoms with Crippen LogP contribution in [0.2, 0.25) is 5.02 Å². The Balaban J connectivity index is 1.65. The number of nitrogens with one attached hydrogen (secondary N) is 2. The molecule has 3 aromatic rings. The minimum absolute atomic E-state index is 0.329. The van der Waals surface area contributed by atoms with Gasteiger partial charge in [0.1, 0.15) is 5.75 Å². The second-order valence-corrected chi connectivity index (χ2v) is 6.60. The molecule has 1 aliphatic heterocycles. The topological polar surface area (TPSA) is 85.3 Å². The minimum atomic E-state index is -1.74. The van der Waals surface area contributed by atoms with Gasteiger partial charge in [0.05, 0.1) is 16.7 Å². The van der Waals surface area contributed by atoms with Crippen LogP contribution in [0.15, 0.2) is 42.5 Å². The van der Waals surface area contributed by atoms with Crippen molar-refractivity contribution in [3.05, 3.63) is 47.5 Å². The highest BCUT2D eigenvalue weighted by atomic mass is 35.5. The van der Waals surface area contributed by atoms with Gasteiger partial charge in [0.15, 0.2) is 0 Å². The first-order valence-electron chi connectivity index (χ1n) is 7.91. The summed E-state index contributed by atoms with van der Waals surface area (Å²) >= 11 is 5.92. The van der Waals surface area contributed by atoms with Crippen LogP contribution >= 0.6 is 11.6 Å². The van der Waals surface area contributed by atoms with Crippen LogP contribution in [0, 0.1) is 0 Å². The number of para-hydroxylation sites is 2. The van der Waals surface area contributed by atoms with Crippen LogP contribution in [0.4, 0.5) is 11.6 Å². The van der Waals surface area contributed by atoms with Crippen LogP contribution in [-0.4, -0.2) is 27.0 Å². The zero-order chi connectivity index (χ0) is 18.5. The molecule has 0 aliphatic carbocycles. The molecule has 26 heavy (non-hydrogen) atoms. The molecule has 0 spiro atoms. The Kier molecular flexibility index (Phi) is 3.62. The first-order chi connectivity index (χ1) is 12.4. The lowest BCUT2D eigenvalue weighted by Gasteiger charge is -2.33. The molecule has 1 unspecified atom stereocenters. The lowest BCUT2D eigenvalue weighted by molar-refractivity contribution is -0.143. The van der Waals surface area contributed by atoms with Gasteiger partial charge in [-0.1, -0.05) is 23.7 Å². The zero-order valence-corrected chi connectivity index (χ0v) is 14.8. The third-order valence-electron chi connectivity index (χ3n) is 4.38. The monoisotopic (exact) mass is 370 g/mol. The SMILES string of the molecule is Cn1c(NC(=O)C2(C)Oc3ccc(Cl)cc3NC2=O)nc2ccccc21. The number of aromatic nitrogens is 2. The number of hydrogen-bond acceptors (Lipinski definition) is 4. The molecule has 2 heterocycles. The van der Waals surface area contributed by atoms with E-state index in [-0.39, 0.29) is 0 Å². The summed E-state index contributed by atoms with van der Waals surface area (Å²) in [6.07, 6.45) is 0. The zero-order valence-electron chi connectivity index (χ0n) is 14.0. The van der Waals surface area contributed by atoms with Gasteiger partial charge in [0, 0.05) is 12.1 Å². The van der Waals surface area contributed by atoms with Gasteiger partial charge in [0.2, 0.25) is 5.95 Å². The van der Waals surface area contributed by atoms with Gasteiger partial charge >= 0.3 is 0 Å². The van der Waals surface area contributed by atoms with E-state index in [0.29, 0.717) is 22.4 Å². The first-order valence-corrected chi connectivity index (χ1v) is 8.29. The molecule has 0 saturated carbocycles. The molecule has 2 amide bonds. The molecule has 1 aromatic heterocycles. The van der Waals surface area contributed by atoms with Crippen LogP contribution in [0.3, 0.4) is 0 Å². The molecule has 1 atom stereocenters. The maximum Gasteiger partial charge on any atom is 0.280 e. The largest absolute Gasteiger partial charge is 0.466 e. The van der Waals surface area contributed by atoms with Crippen molar-refractivity contribution < 1.29 is 14.3 Å².